The van der Waals surface area contributed by atoms with Gasteiger partial charge in [0.1, 0.15) is 0 Å². The molecule has 0 aliphatic heterocycles. The summed E-state index contributed by atoms with van der Waals surface area (Å²) < 4.78 is 0. The van der Waals surface area contributed by atoms with E-state index in [1.165, 1.54) is 16.3 Å². The smallest absolute Gasteiger partial charge is 0.219 e. The Hall–Kier alpha value is -2.46. The zero-order valence-corrected chi connectivity index (χ0v) is 12.9. The Bertz CT molecular complexity index is 762. The van der Waals surface area contributed by atoms with Crippen LogP contribution in [0.4, 0.5) is 5.95 Å². The first-order valence-corrected chi connectivity index (χ1v) is 7.39. The van der Waals surface area contributed by atoms with Crippen LogP contribution < -0.4 is 5.73 Å². The predicted octanol–water partition coefficient (Wildman–Crippen LogP) is 3.41. The summed E-state index contributed by atoms with van der Waals surface area (Å²) in [4.78, 5) is 10.4. The normalized spacial score (nSPS) is 12.7. The molecule has 0 spiro atoms. The molecule has 3 rings (SSSR count). The lowest BCUT2D eigenvalue weighted by atomic mass is 9.99. The molecule has 1 aromatic heterocycles. The number of benzene rings is 2. The van der Waals surface area contributed by atoms with Gasteiger partial charge in [-0.2, -0.15) is 0 Å². The van der Waals surface area contributed by atoms with Crippen molar-refractivity contribution in [2.75, 3.05) is 12.8 Å². The summed E-state index contributed by atoms with van der Waals surface area (Å²) in [5.41, 5.74) is 7.92. The summed E-state index contributed by atoms with van der Waals surface area (Å²) in [5.74, 6) is 0.313. The molecule has 0 saturated carbocycles. The van der Waals surface area contributed by atoms with Crippen LogP contribution in [0, 0.1) is 0 Å². The molecule has 0 aliphatic rings. The molecule has 4 heteroatoms. The van der Waals surface area contributed by atoms with Crippen LogP contribution in [-0.4, -0.2) is 21.9 Å². The van der Waals surface area contributed by atoms with Gasteiger partial charge >= 0.3 is 0 Å². The highest BCUT2D eigenvalue weighted by molar-refractivity contribution is 5.86. The van der Waals surface area contributed by atoms with E-state index in [1.807, 2.05) is 0 Å². The Morgan fingerprint density at radius 2 is 1.73 bits per heavy atom. The summed E-state index contributed by atoms with van der Waals surface area (Å²) in [5, 5.41) is 2.58. The van der Waals surface area contributed by atoms with Gasteiger partial charge in [0.25, 0.3) is 0 Å². The third-order valence-corrected chi connectivity index (χ3v) is 4.09. The summed E-state index contributed by atoms with van der Waals surface area (Å²) >= 11 is 0. The molecule has 0 fully saturated rings. The minimum Gasteiger partial charge on any atom is -0.368 e. The lowest BCUT2D eigenvalue weighted by molar-refractivity contribution is 0.254. The lowest BCUT2D eigenvalue weighted by Crippen LogP contribution is -2.22. The van der Waals surface area contributed by atoms with Gasteiger partial charge in [-0.05, 0) is 30.3 Å². The van der Waals surface area contributed by atoms with Gasteiger partial charge in [0.2, 0.25) is 5.95 Å². The Morgan fingerprint density at radius 1 is 1.05 bits per heavy atom. The zero-order valence-electron chi connectivity index (χ0n) is 12.9. The Morgan fingerprint density at radius 3 is 2.50 bits per heavy atom. The molecule has 4 nitrogen and oxygen atoms in total. The van der Waals surface area contributed by atoms with Crippen LogP contribution in [0.1, 0.15) is 24.1 Å². The molecule has 0 bridgehead atoms. The number of hydrogen-bond donors (Lipinski definition) is 1. The first kappa shape index (κ1) is 14.5. The van der Waals surface area contributed by atoms with Crippen molar-refractivity contribution >= 4 is 16.7 Å². The highest BCUT2D eigenvalue weighted by Crippen LogP contribution is 2.28. The standard InChI is InChI=1S/C18H20N4/c1-13(22(2)12-14-10-20-18(19)21-11-14)16-9-5-7-15-6-3-4-8-17(15)16/h3-11,13H,12H2,1-2H3,(H2,19,20,21)/t13-/m1/s1. The zero-order chi connectivity index (χ0) is 15.5. The van der Waals surface area contributed by atoms with Gasteiger partial charge in [-0.1, -0.05) is 42.5 Å². The second kappa shape index (κ2) is 6.12. The maximum atomic E-state index is 5.53. The third-order valence-electron chi connectivity index (χ3n) is 4.09. The summed E-state index contributed by atoms with van der Waals surface area (Å²) in [6, 6.07) is 15.3. The van der Waals surface area contributed by atoms with E-state index in [2.05, 4.69) is 71.3 Å². The van der Waals surface area contributed by atoms with Crippen molar-refractivity contribution in [2.24, 2.45) is 0 Å². The van der Waals surface area contributed by atoms with Gasteiger partial charge < -0.3 is 5.73 Å². The van der Waals surface area contributed by atoms with Crippen LogP contribution in [0.3, 0.4) is 0 Å². The molecule has 0 amide bonds. The number of nitrogens with two attached hydrogens (primary N) is 1. The van der Waals surface area contributed by atoms with Crippen LogP contribution in [0.15, 0.2) is 54.9 Å². The van der Waals surface area contributed by atoms with Gasteiger partial charge in [0.15, 0.2) is 0 Å². The van der Waals surface area contributed by atoms with E-state index in [1.54, 1.807) is 12.4 Å². The van der Waals surface area contributed by atoms with Gasteiger partial charge in [-0.15, -0.1) is 0 Å². The summed E-state index contributed by atoms with van der Waals surface area (Å²) in [6.45, 7) is 3.00. The van der Waals surface area contributed by atoms with Crippen molar-refractivity contribution in [3.05, 3.63) is 66.0 Å². The van der Waals surface area contributed by atoms with Gasteiger partial charge in [0, 0.05) is 30.5 Å². The van der Waals surface area contributed by atoms with Crippen LogP contribution in [0.2, 0.25) is 0 Å². The molecule has 0 aliphatic carbocycles. The minimum absolute atomic E-state index is 0.295. The first-order valence-electron chi connectivity index (χ1n) is 7.39. The Kier molecular flexibility index (Phi) is 4.02. The van der Waals surface area contributed by atoms with Crippen molar-refractivity contribution in [3.8, 4) is 0 Å². The van der Waals surface area contributed by atoms with E-state index in [0.717, 1.165) is 12.1 Å². The molecular weight excluding hydrogens is 272 g/mol. The maximum Gasteiger partial charge on any atom is 0.219 e. The molecule has 2 aromatic carbocycles. The van der Waals surface area contributed by atoms with Gasteiger partial charge in [-0.25, -0.2) is 9.97 Å². The topological polar surface area (TPSA) is 55.0 Å². The van der Waals surface area contributed by atoms with E-state index in [4.69, 9.17) is 5.73 Å². The molecule has 0 unspecified atom stereocenters. The Balaban J connectivity index is 1.85. The molecule has 0 saturated heterocycles. The van der Waals surface area contributed by atoms with Crippen molar-refractivity contribution in [1.82, 2.24) is 14.9 Å². The molecule has 0 radical (unpaired) electrons. The van der Waals surface area contributed by atoms with Crippen molar-refractivity contribution in [1.29, 1.82) is 0 Å². The average molecular weight is 292 g/mol. The third kappa shape index (κ3) is 2.92. The van der Waals surface area contributed by atoms with Crippen molar-refractivity contribution < 1.29 is 0 Å². The number of hydrogen-bond acceptors (Lipinski definition) is 4. The second-order valence-electron chi connectivity index (χ2n) is 5.61. The molecule has 1 heterocycles. The Labute approximate surface area is 130 Å². The molecule has 3 aromatic rings. The number of anilines is 1. The lowest BCUT2D eigenvalue weighted by Gasteiger charge is -2.26. The first-order chi connectivity index (χ1) is 10.6. The fourth-order valence-electron chi connectivity index (χ4n) is 2.72. The molecule has 22 heavy (non-hydrogen) atoms. The van der Waals surface area contributed by atoms with Crippen LogP contribution in [-0.2, 0) is 6.54 Å². The summed E-state index contributed by atoms with van der Waals surface area (Å²) in [7, 11) is 2.11. The highest BCUT2D eigenvalue weighted by Gasteiger charge is 2.14. The minimum atomic E-state index is 0.295. The molecular formula is C18H20N4. The molecule has 1 atom stereocenters. The van der Waals surface area contributed by atoms with E-state index in [9.17, 15) is 0 Å². The quantitative estimate of drug-likeness (QED) is 0.800. The maximum absolute atomic E-state index is 5.53. The van der Waals surface area contributed by atoms with E-state index in [0.29, 0.717) is 12.0 Å². The number of nitrogens with zero attached hydrogens (tertiary/aromatic N) is 3. The average Bonchev–Trinajstić information content (AvgIpc) is 2.55. The van der Waals surface area contributed by atoms with E-state index >= 15 is 0 Å². The van der Waals surface area contributed by atoms with Crippen LogP contribution in [0.25, 0.3) is 10.8 Å². The van der Waals surface area contributed by atoms with Crippen molar-refractivity contribution in [3.63, 3.8) is 0 Å². The van der Waals surface area contributed by atoms with Crippen LogP contribution >= 0.6 is 0 Å². The number of aromatic nitrogens is 2. The predicted molar refractivity (Wildman–Crippen MR) is 90.3 cm³/mol. The van der Waals surface area contributed by atoms with E-state index < -0.39 is 0 Å². The monoisotopic (exact) mass is 292 g/mol. The summed E-state index contributed by atoms with van der Waals surface area (Å²) in [6.07, 6.45) is 3.57. The number of rotatable bonds is 4. The SMILES string of the molecule is C[C@H](c1cccc2ccccc12)N(C)Cc1cnc(N)nc1. The second-order valence-corrected chi connectivity index (χ2v) is 5.61. The molecule has 112 valence electrons. The number of fused-ring (bicyclic) bond motifs is 1. The van der Waals surface area contributed by atoms with Crippen molar-refractivity contribution in [2.45, 2.75) is 19.5 Å². The van der Waals surface area contributed by atoms with Crippen LogP contribution in [0.5, 0.6) is 0 Å². The van der Waals surface area contributed by atoms with Gasteiger partial charge in [-0.3, -0.25) is 4.90 Å². The fraction of sp³-hybridized carbons (Fsp3) is 0.222. The highest BCUT2D eigenvalue weighted by atomic mass is 15.1. The number of nitrogen functional groups attached to an aromatic ring is 1. The fourth-order valence-corrected chi connectivity index (χ4v) is 2.72. The molecule has 2 N–H and O–H groups in total. The van der Waals surface area contributed by atoms with E-state index in [-0.39, 0.29) is 0 Å². The largest absolute Gasteiger partial charge is 0.368 e. The van der Waals surface area contributed by atoms with Gasteiger partial charge in [0.05, 0.1) is 0 Å².